The van der Waals surface area contributed by atoms with Gasteiger partial charge in [-0.1, -0.05) is 31.0 Å². The average Bonchev–Trinajstić information content (AvgIpc) is 3.18. The number of likely N-dealkylation sites (N-methyl/N-ethyl adjacent to an activating group) is 1. The van der Waals surface area contributed by atoms with Gasteiger partial charge in [0.05, 0.1) is 18.7 Å². The fourth-order valence-electron chi connectivity index (χ4n) is 7.76. The monoisotopic (exact) mass is 621 g/mol. The Hall–Kier alpha value is -3.24. The molecule has 6 rings (SSSR count). The van der Waals surface area contributed by atoms with Gasteiger partial charge in [0.2, 0.25) is 6.29 Å². The van der Waals surface area contributed by atoms with Crippen molar-refractivity contribution in [3.8, 4) is 0 Å². The Bertz CT molecular complexity index is 1450. The highest BCUT2D eigenvalue weighted by Crippen LogP contribution is 2.39. The maximum Gasteiger partial charge on any atom is 0.586 e. The Balaban J connectivity index is 1.18. The maximum absolute atomic E-state index is 13.3. The summed E-state index contributed by atoms with van der Waals surface area (Å²) in [6.07, 6.45) is 12.8. The van der Waals surface area contributed by atoms with Crippen LogP contribution in [0.2, 0.25) is 0 Å². The van der Waals surface area contributed by atoms with Crippen LogP contribution in [0.25, 0.3) is 0 Å². The lowest BCUT2D eigenvalue weighted by Crippen LogP contribution is -2.69. The molecule has 2 unspecified atom stereocenters. The van der Waals surface area contributed by atoms with Crippen molar-refractivity contribution < 1.29 is 13.8 Å². The van der Waals surface area contributed by atoms with Gasteiger partial charge in [0.1, 0.15) is 12.2 Å². The number of amides is 1. The van der Waals surface area contributed by atoms with Gasteiger partial charge in [0.15, 0.2) is 6.20 Å². The number of carbonyl (C=O) groups is 1. The Morgan fingerprint density at radius 2 is 1.70 bits per heavy atom. The lowest BCUT2D eigenvalue weighted by molar-refractivity contribution is -0.984. The maximum atomic E-state index is 13.3. The van der Waals surface area contributed by atoms with Gasteiger partial charge in [0.25, 0.3) is 5.91 Å². The lowest BCUT2D eigenvalue weighted by atomic mass is 9.96. The van der Waals surface area contributed by atoms with Crippen LogP contribution in [0, 0.1) is 6.92 Å². The second-order valence-corrected chi connectivity index (χ2v) is 13.8. The molecule has 3 N–H and O–H groups in total. The summed E-state index contributed by atoms with van der Waals surface area (Å²) < 4.78 is 2.66. The molecule has 3 aromatic rings. The van der Waals surface area contributed by atoms with Gasteiger partial charge in [-0.15, -0.1) is 0 Å². The van der Waals surface area contributed by atoms with Crippen LogP contribution in [-0.4, -0.2) is 87.3 Å². The second kappa shape index (κ2) is 15.1. The number of pyridine rings is 1. The first-order valence-corrected chi connectivity index (χ1v) is 17.4. The first-order valence-electron chi connectivity index (χ1n) is 17.4. The number of hydrogen-bond donors (Lipinski definition) is 3. The molecular formula is C37H52BN7O+2. The summed E-state index contributed by atoms with van der Waals surface area (Å²) in [5.74, 6) is -0.0838. The third-order valence-corrected chi connectivity index (χ3v) is 10.5. The van der Waals surface area contributed by atoms with Crippen molar-refractivity contribution >= 4 is 25.3 Å². The topological polar surface area (TPSA) is 63.5 Å². The van der Waals surface area contributed by atoms with E-state index in [1.54, 1.807) is 4.48 Å². The zero-order valence-corrected chi connectivity index (χ0v) is 27.9. The van der Waals surface area contributed by atoms with Crippen LogP contribution >= 0.6 is 0 Å². The van der Waals surface area contributed by atoms with Gasteiger partial charge in [0, 0.05) is 68.7 Å². The molecule has 3 saturated heterocycles. The number of hydrogen-bond acceptors (Lipinski definition) is 5. The molecule has 1 spiro atoms. The SMILES string of the molecule is [B][n+]1cccc(C2CCNC(Nc3cc(NC(=O)c4ccc(CN5CCN(C)CC5)cc4)ccc3C)[N+]23CCCCCCCC3)c1. The van der Waals surface area contributed by atoms with Gasteiger partial charge in [-0.05, 0) is 81.1 Å². The highest BCUT2D eigenvalue weighted by molar-refractivity contribution is 6.04. The highest BCUT2D eigenvalue weighted by atomic mass is 16.1. The molecule has 0 saturated carbocycles. The standard InChI is InChI=1S/C37H51BN7O/c1-29-11-16-33(40-36(46)31-14-12-30(13-15-31)27-43-22-20-42(2)21-23-43)26-34(29)41-37-39-18-17-35(32-10-9-19-44(38)28-32)45(37)24-7-5-3-4-6-8-25-45/h9-16,19,26,28,35,37,39,41H,3-8,17-18,20-25,27H2,1-2H3/q+1/p+1. The smallest absolute Gasteiger partial charge is 0.323 e. The van der Waals surface area contributed by atoms with E-state index in [0.717, 1.165) is 80.2 Å². The molecule has 1 aromatic heterocycles. The Labute approximate surface area is 277 Å². The largest absolute Gasteiger partial charge is 0.586 e. The third kappa shape index (κ3) is 7.82. The molecule has 3 aliphatic heterocycles. The summed E-state index contributed by atoms with van der Waals surface area (Å²) >= 11 is 0. The van der Waals surface area contributed by atoms with Crippen LogP contribution in [0.4, 0.5) is 11.4 Å². The van der Waals surface area contributed by atoms with Crippen molar-refractivity contribution in [2.24, 2.45) is 0 Å². The van der Waals surface area contributed by atoms with Crippen molar-refractivity contribution in [2.45, 2.75) is 70.7 Å². The zero-order valence-electron chi connectivity index (χ0n) is 27.9. The normalized spacial score (nSPS) is 22.8. The Kier molecular flexibility index (Phi) is 10.7. The number of rotatable bonds is 7. The van der Waals surface area contributed by atoms with E-state index in [2.05, 4.69) is 82.3 Å². The number of aromatic nitrogens is 1. The molecule has 9 heteroatoms. The van der Waals surface area contributed by atoms with E-state index in [-0.39, 0.29) is 12.2 Å². The summed E-state index contributed by atoms with van der Waals surface area (Å²) in [6.45, 7) is 10.6. The molecule has 4 heterocycles. The van der Waals surface area contributed by atoms with E-state index in [0.29, 0.717) is 11.6 Å². The van der Waals surface area contributed by atoms with Crippen LogP contribution in [0.1, 0.15) is 78.0 Å². The van der Waals surface area contributed by atoms with Crippen molar-refractivity contribution in [3.05, 3.63) is 89.2 Å². The molecule has 2 aromatic carbocycles. The first-order chi connectivity index (χ1) is 22.4. The Morgan fingerprint density at radius 1 is 0.978 bits per heavy atom. The van der Waals surface area contributed by atoms with E-state index < -0.39 is 0 Å². The van der Waals surface area contributed by atoms with Crippen LogP contribution in [-0.2, 0) is 6.54 Å². The fourth-order valence-corrected chi connectivity index (χ4v) is 7.76. The van der Waals surface area contributed by atoms with Crippen molar-refractivity contribution in [1.82, 2.24) is 15.1 Å². The summed E-state index contributed by atoms with van der Waals surface area (Å²) in [6, 6.07) is 19.0. The molecule has 3 fully saturated rings. The quantitative estimate of drug-likeness (QED) is 0.261. The number of piperazine rings is 1. The average molecular weight is 622 g/mol. The summed E-state index contributed by atoms with van der Waals surface area (Å²) in [7, 11) is 8.41. The number of nitrogens with zero attached hydrogens (tertiary/aromatic N) is 4. The molecule has 2 atom stereocenters. The van der Waals surface area contributed by atoms with Crippen LogP contribution in [0.15, 0.2) is 67.0 Å². The first kappa shape index (κ1) is 32.7. The van der Waals surface area contributed by atoms with Crippen LogP contribution in [0.5, 0.6) is 0 Å². The van der Waals surface area contributed by atoms with Crippen molar-refractivity contribution in [3.63, 3.8) is 0 Å². The fraction of sp³-hybridized carbons (Fsp3) is 0.514. The number of carbonyl (C=O) groups excluding carboxylic acids is 1. The summed E-state index contributed by atoms with van der Waals surface area (Å²) in [5, 5.41) is 11.0. The lowest BCUT2D eigenvalue weighted by Gasteiger charge is -2.53. The highest BCUT2D eigenvalue weighted by Gasteiger charge is 2.47. The van der Waals surface area contributed by atoms with E-state index >= 15 is 0 Å². The van der Waals surface area contributed by atoms with E-state index in [1.165, 1.54) is 49.7 Å². The number of anilines is 2. The van der Waals surface area contributed by atoms with Gasteiger partial charge < -0.3 is 15.5 Å². The van der Waals surface area contributed by atoms with Gasteiger partial charge in [-0.3, -0.25) is 18.7 Å². The number of quaternary nitrogens is 1. The van der Waals surface area contributed by atoms with Crippen molar-refractivity contribution in [2.75, 3.05) is 63.5 Å². The molecule has 1 amide bonds. The van der Waals surface area contributed by atoms with Crippen molar-refractivity contribution in [1.29, 1.82) is 0 Å². The minimum atomic E-state index is -0.0838. The minimum Gasteiger partial charge on any atom is -0.323 e. The number of nitrogens with one attached hydrogen (secondary N) is 3. The van der Waals surface area contributed by atoms with E-state index in [4.69, 9.17) is 7.98 Å². The molecule has 0 aliphatic carbocycles. The van der Waals surface area contributed by atoms with Crippen LogP contribution in [0.3, 0.4) is 0 Å². The third-order valence-electron chi connectivity index (χ3n) is 10.5. The predicted octanol–water partition coefficient (Wildman–Crippen LogP) is 4.81. The Morgan fingerprint density at radius 3 is 2.41 bits per heavy atom. The summed E-state index contributed by atoms with van der Waals surface area (Å²) in [4.78, 5) is 18.2. The summed E-state index contributed by atoms with van der Waals surface area (Å²) in [5.41, 5.74) is 6.25. The van der Waals surface area contributed by atoms with Gasteiger partial charge in [-0.2, -0.15) is 0 Å². The predicted molar refractivity (Wildman–Crippen MR) is 187 cm³/mol. The molecule has 8 nitrogen and oxygen atoms in total. The zero-order chi connectivity index (χ0) is 31.9. The molecule has 46 heavy (non-hydrogen) atoms. The molecule has 0 bridgehead atoms. The van der Waals surface area contributed by atoms with Crippen LogP contribution < -0.4 is 20.4 Å². The van der Waals surface area contributed by atoms with E-state index in [1.807, 2.05) is 24.4 Å². The minimum absolute atomic E-state index is 0.0563. The van der Waals surface area contributed by atoms with Gasteiger partial charge >= 0.3 is 7.98 Å². The van der Waals surface area contributed by atoms with Gasteiger partial charge in [-0.25, -0.2) is 5.32 Å². The molecule has 242 valence electrons. The number of benzene rings is 2. The molecule has 2 radical (unpaired) electrons. The second-order valence-electron chi connectivity index (χ2n) is 13.8. The molecule has 3 aliphatic rings. The number of aryl methyl sites for hydroxylation is 1. The van der Waals surface area contributed by atoms with E-state index in [9.17, 15) is 4.79 Å². The molecular weight excluding hydrogens is 569 g/mol.